The zero-order chi connectivity index (χ0) is 17.0. The first kappa shape index (κ1) is 17.4. The standard InChI is InChI=1S/C18H19BrN2O2S/c19-18-11-12-20(13-16-7-3-1-4-8-16)24(22,23)21(15-18)14-17-9-5-2-6-10-17/h1-11H,12-15H2. The quantitative estimate of drug-likeness (QED) is 0.778. The Morgan fingerprint density at radius 1 is 0.833 bits per heavy atom. The van der Waals surface area contributed by atoms with Crippen LogP contribution in [0.3, 0.4) is 0 Å². The molecule has 0 radical (unpaired) electrons. The van der Waals surface area contributed by atoms with Gasteiger partial charge in [-0.15, -0.1) is 0 Å². The Bertz CT molecular complexity index is 807. The first-order valence-corrected chi connectivity index (χ1v) is 9.92. The maximum absolute atomic E-state index is 13.1. The van der Waals surface area contributed by atoms with E-state index in [-0.39, 0.29) is 0 Å². The van der Waals surface area contributed by atoms with Crippen molar-refractivity contribution in [2.45, 2.75) is 13.1 Å². The predicted octanol–water partition coefficient (Wildman–Crippen LogP) is 3.53. The lowest BCUT2D eigenvalue weighted by atomic mass is 10.2. The molecule has 6 heteroatoms. The van der Waals surface area contributed by atoms with E-state index < -0.39 is 10.2 Å². The van der Waals surface area contributed by atoms with E-state index in [1.807, 2.05) is 66.7 Å². The van der Waals surface area contributed by atoms with Gasteiger partial charge in [-0.25, -0.2) is 0 Å². The molecule has 0 amide bonds. The topological polar surface area (TPSA) is 40.6 Å². The van der Waals surface area contributed by atoms with Crippen molar-refractivity contribution >= 4 is 26.1 Å². The average molecular weight is 407 g/mol. The molecule has 1 aliphatic rings. The first-order chi connectivity index (χ1) is 11.6. The van der Waals surface area contributed by atoms with Gasteiger partial charge >= 0.3 is 0 Å². The fourth-order valence-electron chi connectivity index (χ4n) is 2.63. The average Bonchev–Trinajstić information content (AvgIpc) is 2.68. The Kier molecular flexibility index (Phi) is 5.50. The van der Waals surface area contributed by atoms with Crippen LogP contribution in [0, 0.1) is 0 Å². The van der Waals surface area contributed by atoms with E-state index in [4.69, 9.17) is 0 Å². The Labute approximate surface area is 151 Å². The fourth-order valence-corrected chi connectivity index (χ4v) is 4.76. The van der Waals surface area contributed by atoms with Crippen LogP contribution in [0.5, 0.6) is 0 Å². The third-order valence-corrected chi connectivity index (χ3v) is 6.32. The Hall–Kier alpha value is -1.47. The minimum atomic E-state index is -3.55. The minimum Gasteiger partial charge on any atom is -0.195 e. The SMILES string of the molecule is O=S1(=O)N(Cc2ccccc2)CC=C(Br)CN1Cc1ccccc1. The van der Waals surface area contributed by atoms with E-state index in [1.54, 1.807) is 0 Å². The monoisotopic (exact) mass is 406 g/mol. The van der Waals surface area contributed by atoms with Gasteiger partial charge in [0.15, 0.2) is 0 Å². The molecule has 0 N–H and O–H groups in total. The highest BCUT2D eigenvalue weighted by Gasteiger charge is 2.31. The van der Waals surface area contributed by atoms with E-state index in [0.29, 0.717) is 26.2 Å². The molecule has 0 saturated heterocycles. The summed E-state index contributed by atoms with van der Waals surface area (Å²) in [5.74, 6) is 0. The zero-order valence-corrected chi connectivity index (χ0v) is 15.6. The Morgan fingerprint density at radius 2 is 1.33 bits per heavy atom. The third-order valence-electron chi connectivity index (χ3n) is 3.90. The number of hydrogen-bond donors (Lipinski definition) is 0. The molecule has 0 fully saturated rings. The lowest BCUT2D eigenvalue weighted by Crippen LogP contribution is -2.42. The molecule has 4 nitrogen and oxygen atoms in total. The van der Waals surface area contributed by atoms with Gasteiger partial charge in [-0.3, -0.25) is 0 Å². The number of hydrogen-bond acceptors (Lipinski definition) is 2. The van der Waals surface area contributed by atoms with Gasteiger partial charge in [0.1, 0.15) is 0 Å². The number of nitrogens with zero attached hydrogens (tertiary/aromatic N) is 2. The Morgan fingerprint density at radius 3 is 1.88 bits per heavy atom. The number of rotatable bonds is 4. The highest BCUT2D eigenvalue weighted by atomic mass is 79.9. The number of halogens is 1. The van der Waals surface area contributed by atoms with Crippen LogP contribution in [0.15, 0.2) is 71.2 Å². The van der Waals surface area contributed by atoms with Gasteiger partial charge in [0.05, 0.1) is 0 Å². The van der Waals surface area contributed by atoms with Crippen LogP contribution in [-0.2, 0) is 23.3 Å². The summed E-state index contributed by atoms with van der Waals surface area (Å²) in [5.41, 5.74) is 1.95. The highest BCUT2D eigenvalue weighted by Crippen LogP contribution is 2.23. The largest absolute Gasteiger partial charge is 0.283 e. The number of benzene rings is 2. The van der Waals surface area contributed by atoms with Gasteiger partial charge in [0.2, 0.25) is 0 Å². The summed E-state index contributed by atoms with van der Waals surface area (Å²) < 4.78 is 30.1. The van der Waals surface area contributed by atoms with Gasteiger partial charge in [0.25, 0.3) is 10.2 Å². The van der Waals surface area contributed by atoms with Crippen molar-refractivity contribution in [3.8, 4) is 0 Å². The van der Waals surface area contributed by atoms with Crippen molar-refractivity contribution in [3.05, 3.63) is 82.3 Å². The molecule has 0 unspecified atom stereocenters. The van der Waals surface area contributed by atoms with E-state index in [2.05, 4.69) is 15.9 Å². The van der Waals surface area contributed by atoms with Crippen LogP contribution in [0.25, 0.3) is 0 Å². The molecule has 0 bridgehead atoms. The van der Waals surface area contributed by atoms with Crippen molar-refractivity contribution in [1.82, 2.24) is 8.61 Å². The lowest BCUT2D eigenvalue weighted by Gasteiger charge is -2.27. The van der Waals surface area contributed by atoms with Crippen molar-refractivity contribution < 1.29 is 8.42 Å². The summed E-state index contributed by atoms with van der Waals surface area (Å²) in [5, 5.41) is 0. The lowest BCUT2D eigenvalue weighted by molar-refractivity contribution is 0.363. The fraction of sp³-hybridized carbons (Fsp3) is 0.222. The molecule has 1 aliphatic heterocycles. The summed E-state index contributed by atoms with van der Waals surface area (Å²) in [6.45, 7) is 1.44. The molecule has 126 valence electrons. The third kappa shape index (κ3) is 4.13. The maximum Gasteiger partial charge on any atom is 0.283 e. The van der Waals surface area contributed by atoms with Gasteiger partial charge in [-0.1, -0.05) is 82.7 Å². The molecule has 0 aromatic heterocycles. The van der Waals surface area contributed by atoms with Crippen molar-refractivity contribution in [2.75, 3.05) is 13.1 Å². The molecular weight excluding hydrogens is 388 g/mol. The zero-order valence-electron chi connectivity index (χ0n) is 13.2. The molecule has 24 heavy (non-hydrogen) atoms. The molecule has 0 aliphatic carbocycles. The van der Waals surface area contributed by atoms with Gasteiger partial charge in [-0.05, 0) is 11.1 Å². The smallest absolute Gasteiger partial charge is 0.195 e. The van der Waals surface area contributed by atoms with Gasteiger partial charge < -0.3 is 0 Å². The predicted molar refractivity (Wildman–Crippen MR) is 99.6 cm³/mol. The summed E-state index contributed by atoms with van der Waals surface area (Å²) in [4.78, 5) is 0. The van der Waals surface area contributed by atoms with E-state index in [9.17, 15) is 8.42 Å². The second-order valence-corrected chi connectivity index (χ2v) is 8.64. The van der Waals surface area contributed by atoms with E-state index >= 15 is 0 Å². The van der Waals surface area contributed by atoms with Crippen LogP contribution in [0.2, 0.25) is 0 Å². The second-order valence-electron chi connectivity index (χ2n) is 5.69. The van der Waals surface area contributed by atoms with Crippen LogP contribution in [-0.4, -0.2) is 30.1 Å². The molecule has 0 saturated carbocycles. The van der Waals surface area contributed by atoms with E-state index in [0.717, 1.165) is 15.6 Å². The van der Waals surface area contributed by atoms with E-state index in [1.165, 1.54) is 8.61 Å². The van der Waals surface area contributed by atoms with Crippen LogP contribution in [0.4, 0.5) is 0 Å². The molecule has 0 atom stereocenters. The minimum absolute atomic E-state index is 0.350. The molecular formula is C18H19BrN2O2S. The summed E-state index contributed by atoms with van der Waals surface area (Å²) in [6.07, 6.45) is 1.92. The van der Waals surface area contributed by atoms with Crippen molar-refractivity contribution in [1.29, 1.82) is 0 Å². The van der Waals surface area contributed by atoms with Crippen LogP contribution in [0.1, 0.15) is 11.1 Å². The summed E-state index contributed by atoms with van der Waals surface area (Å²) in [7, 11) is -3.55. The second kappa shape index (κ2) is 7.61. The van der Waals surface area contributed by atoms with Crippen LogP contribution >= 0.6 is 15.9 Å². The first-order valence-electron chi connectivity index (χ1n) is 7.73. The van der Waals surface area contributed by atoms with Crippen molar-refractivity contribution in [2.24, 2.45) is 0 Å². The highest BCUT2D eigenvalue weighted by molar-refractivity contribution is 9.11. The van der Waals surface area contributed by atoms with Crippen LogP contribution < -0.4 is 0 Å². The summed E-state index contributed by atoms with van der Waals surface area (Å²) in [6, 6.07) is 19.3. The molecule has 0 spiro atoms. The normalized spacial score (nSPS) is 18.8. The molecule has 2 aromatic carbocycles. The maximum atomic E-state index is 13.1. The molecule has 3 rings (SSSR count). The molecule has 1 heterocycles. The summed E-state index contributed by atoms with van der Waals surface area (Å²) >= 11 is 3.48. The van der Waals surface area contributed by atoms with Gasteiger partial charge in [0, 0.05) is 30.7 Å². The molecule has 2 aromatic rings. The van der Waals surface area contributed by atoms with Crippen molar-refractivity contribution in [3.63, 3.8) is 0 Å². The Balaban J connectivity index is 1.87. The van der Waals surface area contributed by atoms with Gasteiger partial charge in [-0.2, -0.15) is 17.0 Å².